The minimum Gasteiger partial charge on any atom is -0.310 e. The summed E-state index contributed by atoms with van der Waals surface area (Å²) in [4.78, 5) is 15.0. The monoisotopic (exact) mass is 362 g/mol. The molecule has 3 aliphatic rings. The Morgan fingerprint density at radius 2 is 2.04 bits per heavy atom. The van der Waals surface area contributed by atoms with Crippen molar-refractivity contribution in [2.24, 2.45) is 0 Å². The Bertz CT molecular complexity index is 584. The maximum atomic E-state index is 12.6. The summed E-state index contributed by atoms with van der Waals surface area (Å²) >= 11 is 2.15. The number of carbonyl (C=O) groups is 1. The second-order valence-electron chi connectivity index (χ2n) is 7.95. The largest absolute Gasteiger partial charge is 0.310 e. The molecule has 2 aliphatic carbocycles. The molecule has 0 aromatic carbocycles. The number of hydrogen-bond acceptors (Lipinski definition) is 4. The van der Waals surface area contributed by atoms with Gasteiger partial charge in [0, 0.05) is 29.7 Å². The first-order valence-electron chi connectivity index (χ1n) is 9.94. The van der Waals surface area contributed by atoms with E-state index in [1.54, 1.807) is 0 Å². The molecule has 4 rings (SSSR count). The Balaban J connectivity index is 1.34. The number of carbonyl (C=O) groups excluding carboxylic acids is 1. The third-order valence-electron chi connectivity index (χ3n) is 6.07. The van der Waals surface area contributed by atoms with Crippen LogP contribution in [0.15, 0.2) is 12.3 Å². The van der Waals surface area contributed by atoms with Gasteiger partial charge < -0.3 is 5.32 Å². The van der Waals surface area contributed by atoms with Gasteiger partial charge in [0.1, 0.15) is 5.82 Å². The number of aromatic nitrogens is 2. The van der Waals surface area contributed by atoms with Gasteiger partial charge in [-0.05, 0) is 25.7 Å². The maximum absolute atomic E-state index is 12.6. The molecule has 1 amide bonds. The van der Waals surface area contributed by atoms with Gasteiger partial charge >= 0.3 is 0 Å². The van der Waals surface area contributed by atoms with E-state index in [4.69, 9.17) is 0 Å². The highest BCUT2D eigenvalue weighted by molar-refractivity contribution is 8.00. The molecular weight excluding hydrogens is 332 g/mol. The van der Waals surface area contributed by atoms with Crippen molar-refractivity contribution in [2.75, 3.05) is 30.7 Å². The van der Waals surface area contributed by atoms with Crippen LogP contribution in [0.3, 0.4) is 0 Å². The smallest absolute Gasteiger partial charge is 0.239 e. The normalized spacial score (nSPS) is 24.6. The number of hydrogen-bond donors (Lipinski definition) is 1. The van der Waals surface area contributed by atoms with Gasteiger partial charge in [0.25, 0.3) is 0 Å². The van der Waals surface area contributed by atoms with E-state index in [1.165, 1.54) is 57.8 Å². The molecule has 0 unspecified atom stereocenters. The van der Waals surface area contributed by atoms with Gasteiger partial charge in [-0.25, -0.2) is 4.68 Å². The molecule has 25 heavy (non-hydrogen) atoms. The highest BCUT2D eigenvalue weighted by Crippen LogP contribution is 2.42. The lowest BCUT2D eigenvalue weighted by Gasteiger charge is -2.44. The van der Waals surface area contributed by atoms with Gasteiger partial charge in [0.05, 0.1) is 18.8 Å². The van der Waals surface area contributed by atoms with E-state index in [0.717, 1.165) is 24.7 Å². The Kier molecular flexibility index (Phi) is 5.36. The molecule has 2 saturated carbocycles. The fourth-order valence-electron chi connectivity index (χ4n) is 4.80. The number of amides is 1. The van der Waals surface area contributed by atoms with Crippen molar-refractivity contribution < 1.29 is 4.79 Å². The number of nitrogens with one attached hydrogen (secondary N) is 1. The van der Waals surface area contributed by atoms with Gasteiger partial charge in [-0.2, -0.15) is 16.9 Å². The summed E-state index contributed by atoms with van der Waals surface area (Å²) < 4.78 is 2.45. The highest BCUT2D eigenvalue weighted by atomic mass is 32.2. The lowest BCUT2D eigenvalue weighted by Crippen LogP contribution is -2.49. The molecule has 0 atom stereocenters. The van der Waals surface area contributed by atoms with Crippen molar-refractivity contribution in [1.29, 1.82) is 0 Å². The quantitative estimate of drug-likeness (QED) is 0.887. The zero-order chi connectivity index (χ0) is 17.1. The third kappa shape index (κ3) is 4.05. The molecule has 1 N–H and O–H groups in total. The van der Waals surface area contributed by atoms with Crippen LogP contribution in [0.25, 0.3) is 0 Å². The topological polar surface area (TPSA) is 50.2 Å². The van der Waals surface area contributed by atoms with Crippen LogP contribution >= 0.6 is 11.8 Å². The van der Waals surface area contributed by atoms with Crippen LogP contribution in [0.5, 0.6) is 0 Å². The van der Waals surface area contributed by atoms with Gasteiger partial charge in [-0.3, -0.25) is 9.69 Å². The lowest BCUT2D eigenvalue weighted by molar-refractivity contribution is -0.117. The first-order valence-corrected chi connectivity index (χ1v) is 10.9. The Morgan fingerprint density at radius 1 is 1.24 bits per heavy atom. The van der Waals surface area contributed by atoms with Gasteiger partial charge in [0.15, 0.2) is 0 Å². The predicted molar refractivity (Wildman–Crippen MR) is 103 cm³/mol. The Hall–Kier alpha value is -1.01. The van der Waals surface area contributed by atoms with Gasteiger partial charge in [0.2, 0.25) is 5.91 Å². The molecule has 0 radical (unpaired) electrons. The molecule has 1 saturated heterocycles. The van der Waals surface area contributed by atoms with E-state index < -0.39 is 0 Å². The molecule has 2 heterocycles. The molecule has 1 aromatic rings. The molecule has 5 nitrogen and oxygen atoms in total. The fourth-order valence-corrected chi connectivity index (χ4v) is 6.43. The van der Waals surface area contributed by atoms with E-state index in [9.17, 15) is 4.79 Å². The van der Waals surface area contributed by atoms with E-state index in [-0.39, 0.29) is 5.91 Å². The SMILES string of the molecule is O=C(CN1CCSC2(CCCCC2)C1)Nc1ccnn1C1CCCC1. The molecular formula is C19H30N4OS. The molecule has 138 valence electrons. The van der Waals surface area contributed by atoms with Crippen LogP contribution < -0.4 is 5.32 Å². The van der Waals surface area contributed by atoms with Crippen molar-refractivity contribution in [3.05, 3.63) is 12.3 Å². The summed E-state index contributed by atoms with van der Waals surface area (Å²) in [6.07, 6.45) is 13.4. The number of thioether (sulfide) groups is 1. The number of rotatable bonds is 4. The summed E-state index contributed by atoms with van der Waals surface area (Å²) in [7, 11) is 0. The van der Waals surface area contributed by atoms with Crippen LogP contribution in [0.2, 0.25) is 0 Å². The summed E-state index contributed by atoms with van der Waals surface area (Å²) in [6.45, 7) is 2.62. The van der Waals surface area contributed by atoms with E-state index >= 15 is 0 Å². The van der Waals surface area contributed by atoms with Crippen LogP contribution in [-0.2, 0) is 4.79 Å². The van der Waals surface area contributed by atoms with E-state index in [0.29, 0.717) is 17.3 Å². The highest BCUT2D eigenvalue weighted by Gasteiger charge is 2.37. The third-order valence-corrected chi connectivity index (χ3v) is 7.60. The van der Waals surface area contributed by atoms with Crippen molar-refractivity contribution in [1.82, 2.24) is 14.7 Å². The average Bonchev–Trinajstić information content (AvgIpc) is 3.26. The van der Waals surface area contributed by atoms with E-state index in [2.05, 4.69) is 27.1 Å². The zero-order valence-electron chi connectivity index (χ0n) is 15.1. The van der Waals surface area contributed by atoms with Crippen LogP contribution in [0.4, 0.5) is 5.82 Å². The van der Waals surface area contributed by atoms with Crippen LogP contribution in [0, 0.1) is 0 Å². The maximum Gasteiger partial charge on any atom is 0.239 e. The van der Waals surface area contributed by atoms with Crippen molar-refractivity contribution >= 4 is 23.5 Å². The van der Waals surface area contributed by atoms with Crippen molar-refractivity contribution in [3.63, 3.8) is 0 Å². The average molecular weight is 363 g/mol. The molecule has 1 aromatic heterocycles. The minimum absolute atomic E-state index is 0.109. The molecule has 0 bridgehead atoms. The van der Waals surface area contributed by atoms with Crippen LogP contribution in [0.1, 0.15) is 63.8 Å². The molecule has 3 fully saturated rings. The first kappa shape index (κ1) is 17.4. The second-order valence-corrected chi connectivity index (χ2v) is 9.51. The standard InChI is InChI=1S/C19H30N4OS/c24-18(21-17-8-11-20-23(17)16-6-2-3-7-16)14-22-12-13-25-19(15-22)9-4-1-5-10-19/h8,11,16H,1-7,9-10,12-15H2,(H,21,24). The predicted octanol–water partition coefficient (Wildman–Crippen LogP) is 3.69. The zero-order valence-corrected chi connectivity index (χ0v) is 15.9. The van der Waals surface area contributed by atoms with Gasteiger partial charge in [-0.1, -0.05) is 32.1 Å². The Morgan fingerprint density at radius 3 is 2.84 bits per heavy atom. The van der Waals surface area contributed by atoms with Crippen LogP contribution in [-0.4, -0.2) is 50.7 Å². The molecule has 1 aliphatic heterocycles. The summed E-state index contributed by atoms with van der Waals surface area (Å²) in [5.74, 6) is 2.14. The molecule has 1 spiro atoms. The number of anilines is 1. The van der Waals surface area contributed by atoms with Crippen molar-refractivity contribution in [3.8, 4) is 0 Å². The Labute approximate surface area is 154 Å². The van der Waals surface area contributed by atoms with Crippen molar-refractivity contribution in [2.45, 2.75) is 68.6 Å². The lowest BCUT2D eigenvalue weighted by atomic mass is 9.87. The fraction of sp³-hybridized carbons (Fsp3) is 0.789. The summed E-state index contributed by atoms with van der Waals surface area (Å²) in [5, 5.41) is 7.57. The molecule has 6 heteroatoms. The van der Waals surface area contributed by atoms with Gasteiger partial charge in [-0.15, -0.1) is 0 Å². The summed E-state index contributed by atoms with van der Waals surface area (Å²) in [5.41, 5.74) is 0. The summed E-state index contributed by atoms with van der Waals surface area (Å²) in [6, 6.07) is 2.40. The van der Waals surface area contributed by atoms with E-state index in [1.807, 2.05) is 16.9 Å². The second kappa shape index (κ2) is 7.70. The first-order chi connectivity index (χ1) is 12.2. The number of nitrogens with zero attached hydrogens (tertiary/aromatic N) is 3. The minimum atomic E-state index is 0.109.